The van der Waals surface area contributed by atoms with Gasteiger partial charge in [-0.2, -0.15) is 0 Å². The highest BCUT2D eigenvalue weighted by Crippen LogP contribution is 2.32. The van der Waals surface area contributed by atoms with E-state index in [4.69, 9.17) is 20.2 Å². The fourth-order valence-electron chi connectivity index (χ4n) is 3.79. The standard InChI is InChI=1S/C21H28N4O2/c1-4-5-18-24-19-20(25(18)11-13(2)3)16-7-6-14(10-17(16)23-21(19)22)27-15-8-9-26-12-15/h6-7,10,13,15H,4-5,8-9,11-12H2,1-3H3,(H2,22,23). The predicted octanol–water partition coefficient (Wildman–Crippen LogP) is 3.94. The van der Waals surface area contributed by atoms with E-state index in [2.05, 4.69) is 36.4 Å². The first-order chi connectivity index (χ1) is 13.1. The number of anilines is 1. The van der Waals surface area contributed by atoms with Crippen LogP contribution in [0.3, 0.4) is 0 Å². The van der Waals surface area contributed by atoms with Crippen molar-refractivity contribution in [1.29, 1.82) is 0 Å². The van der Waals surface area contributed by atoms with E-state index < -0.39 is 0 Å². The van der Waals surface area contributed by atoms with Gasteiger partial charge in [-0.05, 0) is 24.5 Å². The van der Waals surface area contributed by atoms with Crippen molar-refractivity contribution in [1.82, 2.24) is 14.5 Å². The summed E-state index contributed by atoms with van der Waals surface area (Å²) >= 11 is 0. The van der Waals surface area contributed by atoms with Crippen LogP contribution in [0.15, 0.2) is 18.2 Å². The van der Waals surface area contributed by atoms with Crippen LogP contribution in [0, 0.1) is 5.92 Å². The smallest absolute Gasteiger partial charge is 0.152 e. The normalized spacial score (nSPS) is 17.4. The van der Waals surface area contributed by atoms with Crippen LogP contribution >= 0.6 is 0 Å². The second kappa shape index (κ2) is 7.35. The maximum absolute atomic E-state index is 6.30. The molecule has 144 valence electrons. The number of imidazole rings is 1. The highest BCUT2D eigenvalue weighted by molar-refractivity contribution is 6.06. The number of fused-ring (bicyclic) bond motifs is 3. The number of pyridine rings is 1. The molecule has 1 unspecified atom stereocenters. The van der Waals surface area contributed by atoms with Gasteiger partial charge < -0.3 is 19.8 Å². The summed E-state index contributed by atoms with van der Waals surface area (Å²) in [6, 6.07) is 6.09. The zero-order chi connectivity index (χ0) is 19.0. The van der Waals surface area contributed by atoms with Crippen LogP contribution < -0.4 is 10.5 Å². The highest BCUT2D eigenvalue weighted by Gasteiger charge is 2.20. The van der Waals surface area contributed by atoms with Crippen LogP contribution in [0.5, 0.6) is 5.75 Å². The van der Waals surface area contributed by atoms with Crippen LogP contribution in [0.2, 0.25) is 0 Å². The molecule has 27 heavy (non-hydrogen) atoms. The molecular weight excluding hydrogens is 340 g/mol. The van der Waals surface area contributed by atoms with Crippen LogP contribution in [-0.2, 0) is 17.7 Å². The molecule has 3 heterocycles. The molecule has 0 saturated carbocycles. The zero-order valence-corrected chi connectivity index (χ0v) is 16.4. The van der Waals surface area contributed by atoms with Gasteiger partial charge in [0.15, 0.2) is 5.82 Å². The molecule has 1 aliphatic heterocycles. The molecular formula is C21H28N4O2. The lowest BCUT2D eigenvalue weighted by molar-refractivity contribution is 0.141. The molecule has 2 aromatic heterocycles. The average Bonchev–Trinajstić information content (AvgIpc) is 3.24. The van der Waals surface area contributed by atoms with Gasteiger partial charge in [-0.25, -0.2) is 9.97 Å². The number of aryl methyl sites for hydroxylation is 1. The molecule has 0 amide bonds. The van der Waals surface area contributed by atoms with E-state index in [0.29, 0.717) is 18.3 Å². The maximum Gasteiger partial charge on any atom is 0.152 e. The number of hydrogen-bond acceptors (Lipinski definition) is 5. The number of benzene rings is 1. The van der Waals surface area contributed by atoms with Gasteiger partial charge in [-0.3, -0.25) is 0 Å². The number of rotatable bonds is 6. The van der Waals surface area contributed by atoms with Crippen molar-refractivity contribution < 1.29 is 9.47 Å². The Morgan fingerprint density at radius 1 is 1.33 bits per heavy atom. The molecule has 1 aliphatic rings. The fraction of sp³-hybridized carbons (Fsp3) is 0.524. The minimum absolute atomic E-state index is 0.117. The molecule has 1 atom stereocenters. The Morgan fingerprint density at radius 3 is 2.89 bits per heavy atom. The minimum atomic E-state index is 0.117. The quantitative estimate of drug-likeness (QED) is 0.713. The molecule has 6 nitrogen and oxygen atoms in total. The van der Waals surface area contributed by atoms with Crippen molar-refractivity contribution in [2.45, 2.75) is 52.7 Å². The number of nitrogen functional groups attached to an aromatic ring is 1. The summed E-state index contributed by atoms with van der Waals surface area (Å²) in [5.41, 5.74) is 9.05. The van der Waals surface area contributed by atoms with Crippen LogP contribution in [-0.4, -0.2) is 33.9 Å². The number of nitrogens with zero attached hydrogens (tertiary/aromatic N) is 3. The van der Waals surface area contributed by atoms with Crippen LogP contribution in [0.4, 0.5) is 5.82 Å². The van der Waals surface area contributed by atoms with Gasteiger partial charge >= 0.3 is 0 Å². The SMILES string of the molecule is CCCc1nc2c(N)nc3cc(OC4CCOC4)ccc3c2n1CC(C)C. The summed E-state index contributed by atoms with van der Waals surface area (Å²) in [7, 11) is 0. The number of ether oxygens (including phenoxy) is 2. The molecule has 1 saturated heterocycles. The van der Waals surface area contributed by atoms with Gasteiger partial charge in [0, 0.05) is 30.8 Å². The molecule has 0 aliphatic carbocycles. The summed E-state index contributed by atoms with van der Waals surface area (Å²) in [6.45, 7) is 8.96. The molecule has 0 spiro atoms. The van der Waals surface area contributed by atoms with Crippen LogP contribution in [0.25, 0.3) is 21.9 Å². The molecule has 2 N–H and O–H groups in total. The maximum atomic E-state index is 6.30. The van der Waals surface area contributed by atoms with E-state index in [1.807, 2.05) is 12.1 Å². The molecule has 6 heteroatoms. The predicted molar refractivity (Wildman–Crippen MR) is 108 cm³/mol. The van der Waals surface area contributed by atoms with Crippen molar-refractivity contribution in [2.75, 3.05) is 18.9 Å². The highest BCUT2D eigenvalue weighted by atomic mass is 16.5. The number of aromatic nitrogens is 3. The molecule has 0 bridgehead atoms. The van der Waals surface area contributed by atoms with E-state index in [1.165, 1.54) is 0 Å². The Morgan fingerprint density at radius 2 is 2.19 bits per heavy atom. The molecule has 1 aromatic carbocycles. The molecule has 0 radical (unpaired) electrons. The van der Waals surface area contributed by atoms with Crippen molar-refractivity contribution in [3.05, 3.63) is 24.0 Å². The Labute approximate surface area is 159 Å². The monoisotopic (exact) mass is 368 g/mol. The number of hydrogen-bond donors (Lipinski definition) is 1. The minimum Gasteiger partial charge on any atom is -0.488 e. The third-order valence-corrected chi connectivity index (χ3v) is 4.97. The topological polar surface area (TPSA) is 75.2 Å². The van der Waals surface area contributed by atoms with Gasteiger partial charge in [-0.15, -0.1) is 0 Å². The van der Waals surface area contributed by atoms with E-state index in [-0.39, 0.29) is 6.10 Å². The first-order valence-corrected chi connectivity index (χ1v) is 9.89. The van der Waals surface area contributed by atoms with Gasteiger partial charge in [0.2, 0.25) is 0 Å². The zero-order valence-electron chi connectivity index (χ0n) is 16.4. The first-order valence-electron chi connectivity index (χ1n) is 9.89. The second-order valence-corrected chi connectivity index (χ2v) is 7.76. The van der Waals surface area contributed by atoms with E-state index in [1.54, 1.807) is 0 Å². The van der Waals surface area contributed by atoms with Gasteiger partial charge in [-0.1, -0.05) is 20.8 Å². The largest absolute Gasteiger partial charge is 0.488 e. The fourth-order valence-corrected chi connectivity index (χ4v) is 3.79. The summed E-state index contributed by atoms with van der Waals surface area (Å²) in [5.74, 6) is 2.91. The van der Waals surface area contributed by atoms with E-state index >= 15 is 0 Å². The average molecular weight is 368 g/mol. The third-order valence-electron chi connectivity index (χ3n) is 4.97. The Kier molecular flexibility index (Phi) is 4.91. The van der Waals surface area contributed by atoms with Gasteiger partial charge in [0.25, 0.3) is 0 Å². The second-order valence-electron chi connectivity index (χ2n) is 7.76. The summed E-state index contributed by atoms with van der Waals surface area (Å²) < 4.78 is 13.8. The lowest BCUT2D eigenvalue weighted by Gasteiger charge is -2.14. The van der Waals surface area contributed by atoms with Gasteiger partial charge in [0.05, 0.1) is 24.2 Å². The summed E-state index contributed by atoms with van der Waals surface area (Å²) in [4.78, 5) is 9.46. The molecule has 4 rings (SSSR count). The summed E-state index contributed by atoms with van der Waals surface area (Å²) in [6.07, 6.45) is 3.03. The molecule has 1 fully saturated rings. The molecule has 3 aromatic rings. The van der Waals surface area contributed by atoms with Crippen molar-refractivity contribution >= 4 is 27.8 Å². The lowest BCUT2D eigenvalue weighted by Crippen LogP contribution is -2.15. The lowest BCUT2D eigenvalue weighted by atomic mass is 10.1. The van der Waals surface area contributed by atoms with E-state index in [0.717, 1.165) is 65.9 Å². The first kappa shape index (κ1) is 18.0. The van der Waals surface area contributed by atoms with Crippen molar-refractivity contribution in [2.24, 2.45) is 5.92 Å². The summed E-state index contributed by atoms with van der Waals surface area (Å²) in [5, 5.41) is 1.07. The number of nitrogens with two attached hydrogens (primary N) is 1. The Hall–Kier alpha value is -2.34. The third kappa shape index (κ3) is 3.46. The van der Waals surface area contributed by atoms with Crippen molar-refractivity contribution in [3.63, 3.8) is 0 Å². The van der Waals surface area contributed by atoms with Crippen LogP contribution in [0.1, 0.15) is 39.4 Å². The van der Waals surface area contributed by atoms with E-state index in [9.17, 15) is 0 Å². The Bertz CT molecular complexity index is 958. The Balaban J connectivity index is 1.85. The van der Waals surface area contributed by atoms with Gasteiger partial charge in [0.1, 0.15) is 23.2 Å². The van der Waals surface area contributed by atoms with Crippen molar-refractivity contribution in [3.8, 4) is 5.75 Å².